The summed E-state index contributed by atoms with van der Waals surface area (Å²) in [6.07, 6.45) is 0. The molecule has 0 fully saturated rings. The average Bonchev–Trinajstić information content (AvgIpc) is 2.39. The minimum atomic E-state index is -0.906. The largest absolute Gasteiger partial charge is 0.478 e. The summed E-state index contributed by atoms with van der Waals surface area (Å²) >= 11 is 0. The van der Waals surface area contributed by atoms with Crippen LogP contribution in [0.3, 0.4) is 0 Å². The van der Waals surface area contributed by atoms with Gasteiger partial charge < -0.3 is 15.2 Å². The highest BCUT2D eigenvalue weighted by atomic mass is 16.5. The number of hydrogen-bond donors (Lipinski definition) is 2. The lowest BCUT2D eigenvalue weighted by atomic mass is 10.1. The van der Waals surface area contributed by atoms with Gasteiger partial charge in [0.2, 0.25) is 0 Å². The van der Waals surface area contributed by atoms with Gasteiger partial charge in [-0.15, -0.1) is 0 Å². The molecule has 0 amide bonds. The predicted molar refractivity (Wildman–Crippen MR) is 78.6 cm³/mol. The second-order valence-corrected chi connectivity index (χ2v) is 4.59. The minimum absolute atomic E-state index is 0.323. The zero-order valence-electron chi connectivity index (χ0n) is 11.5. The normalized spacial score (nSPS) is 10.3. The molecule has 0 aromatic heterocycles. The van der Waals surface area contributed by atoms with E-state index < -0.39 is 5.97 Å². The molecule has 4 heteroatoms. The molecule has 2 N–H and O–H groups in total. The summed E-state index contributed by atoms with van der Waals surface area (Å²) in [5.74, 6) is -0.906. The lowest BCUT2D eigenvalue weighted by Gasteiger charge is -2.10. The van der Waals surface area contributed by atoms with Crippen molar-refractivity contribution in [3.63, 3.8) is 0 Å². The van der Waals surface area contributed by atoms with Crippen LogP contribution in [0, 0.1) is 6.92 Å². The van der Waals surface area contributed by atoms with Gasteiger partial charge in [0, 0.05) is 18.5 Å². The van der Waals surface area contributed by atoms with Crippen LogP contribution in [0.5, 0.6) is 0 Å². The number of carbonyl (C=O) groups is 1. The van der Waals surface area contributed by atoms with Crippen molar-refractivity contribution in [3.8, 4) is 0 Å². The molecule has 0 saturated carbocycles. The number of nitrogens with one attached hydrogen (secondary N) is 1. The maximum Gasteiger partial charge on any atom is 0.335 e. The third-order valence-corrected chi connectivity index (χ3v) is 2.98. The van der Waals surface area contributed by atoms with Gasteiger partial charge in [0.15, 0.2) is 0 Å². The summed E-state index contributed by atoms with van der Waals surface area (Å²) in [6, 6.07) is 13.1. The number of carboxylic acid groups (broad SMARTS) is 1. The van der Waals surface area contributed by atoms with E-state index in [0.29, 0.717) is 12.2 Å². The number of anilines is 2. The Bertz CT molecular complexity index is 623. The fraction of sp³-hybridized carbons (Fsp3) is 0.188. The highest BCUT2D eigenvalue weighted by Crippen LogP contribution is 2.21. The van der Waals surface area contributed by atoms with Crippen molar-refractivity contribution in [2.75, 3.05) is 12.4 Å². The Morgan fingerprint density at radius 2 is 1.95 bits per heavy atom. The molecule has 0 atom stereocenters. The third kappa shape index (κ3) is 3.36. The Hall–Kier alpha value is -2.33. The van der Waals surface area contributed by atoms with E-state index >= 15 is 0 Å². The van der Waals surface area contributed by atoms with Crippen LogP contribution in [0.25, 0.3) is 0 Å². The molecule has 0 spiro atoms. The summed E-state index contributed by atoms with van der Waals surface area (Å²) in [4.78, 5) is 11.0. The predicted octanol–water partition coefficient (Wildman–Crippen LogP) is 3.58. The van der Waals surface area contributed by atoms with Crippen molar-refractivity contribution in [1.29, 1.82) is 0 Å². The molecule has 2 aromatic carbocycles. The molecule has 0 bridgehead atoms. The van der Waals surface area contributed by atoms with Crippen LogP contribution in [0.15, 0.2) is 42.5 Å². The SMILES string of the molecule is COCc1cccc(Nc2ccc(C(=O)O)c(C)c2)c1. The first-order valence-electron chi connectivity index (χ1n) is 6.29. The lowest BCUT2D eigenvalue weighted by Crippen LogP contribution is -2.00. The quantitative estimate of drug-likeness (QED) is 0.872. The maximum absolute atomic E-state index is 11.0. The Labute approximate surface area is 118 Å². The van der Waals surface area contributed by atoms with Gasteiger partial charge in [-0.1, -0.05) is 12.1 Å². The van der Waals surface area contributed by atoms with Crippen molar-refractivity contribution in [2.24, 2.45) is 0 Å². The molecular formula is C16H17NO3. The molecule has 104 valence electrons. The average molecular weight is 271 g/mol. The third-order valence-electron chi connectivity index (χ3n) is 2.98. The summed E-state index contributed by atoms with van der Waals surface area (Å²) < 4.78 is 5.10. The first kappa shape index (κ1) is 14.1. The standard InChI is InChI=1S/C16H17NO3/c1-11-8-14(6-7-15(11)16(18)19)17-13-5-3-4-12(9-13)10-20-2/h3-9,17H,10H2,1-2H3,(H,18,19). The van der Waals surface area contributed by atoms with E-state index in [9.17, 15) is 4.79 Å². The summed E-state index contributed by atoms with van der Waals surface area (Å²) in [5, 5.41) is 12.3. The first-order valence-corrected chi connectivity index (χ1v) is 6.29. The van der Waals surface area contributed by atoms with Gasteiger partial charge in [0.05, 0.1) is 12.2 Å². The van der Waals surface area contributed by atoms with Gasteiger partial charge in [0.1, 0.15) is 0 Å². The molecule has 0 aliphatic carbocycles. The minimum Gasteiger partial charge on any atom is -0.478 e. The molecule has 0 radical (unpaired) electrons. The van der Waals surface area contributed by atoms with Crippen LogP contribution in [0.1, 0.15) is 21.5 Å². The zero-order chi connectivity index (χ0) is 14.5. The van der Waals surface area contributed by atoms with Crippen LogP contribution in [-0.2, 0) is 11.3 Å². The molecule has 0 saturated heterocycles. The number of carboxylic acids is 1. The smallest absolute Gasteiger partial charge is 0.335 e. The molecule has 0 aliphatic rings. The Balaban J connectivity index is 2.19. The van der Waals surface area contributed by atoms with E-state index in [4.69, 9.17) is 9.84 Å². The van der Waals surface area contributed by atoms with Crippen molar-refractivity contribution >= 4 is 17.3 Å². The number of aryl methyl sites for hydroxylation is 1. The van der Waals surface area contributed by atoms with E-state index in [0.717, 1.165) is 22.5 Å². The zero-order valence-corrected chi connectivity index (χ0v) is 11.5. The molecule has 0 unspecified atom stereocenters. The van der Waals surface area contributed by atoms with Gasteiger partial charge in [-0.25, -0.2) is 4.79 Å². The monoisotopic (exact) mass is 271 g/mol. The van der Waals surface area contributed by atoms with Crippen LogP contribution < -0.4 is 5.32 Å². The summed E-state index contributed by atoms with van der Waals surface area (Å²) in [7, 11) is 1.66. The maximum atomic E-state index is 11.0. The molecular weight excluding hydrogens is 254 g/mol. The number of rotatable bonds is 5. The molecule has 4 nitrogen and oxygen atoms in total. The number of hydrogen-bond acceptors (Lipinski definition) is 3. The van der Waals surface area contributed by atoms with Crippen LogP contribution in [0.2, 0.25) is 0 Å². The van der Waals surface area contributed by atoms with E-state index in [1.165, 1.54) is 0 Å². The molecule has 0 aliphatic heterocycles. The second kappa shape index (κ2) is 6.21. The van der Waals surface area contributed by atoms with E-state index in [1.807, 2.05) is 30.3 Å². The van der Waals surface area contributed by atoms with Crippen LogP contribution >= 0.6 is 0 Å². The second-order valence-electron chi connectivity index (χ2n) is 4.59. The molecule has 2 aromatic rings. The highest BCUT2D eigenvalue weighted by molar-refractivity contribution is 5.90. The summed E-state index contributed by atoms with van der Waals surface area (Å²) in [6.45, 7) is 2.35. The van der Waals surface area contributed by atoms with Crippen molar-refractivity contribution < 1.29 is 14.6 Å². The van der Waals surface area contributed by atoms with Gasteiger partial charge in [-0.3, -0.25) is 0 Å². The van der Waals surface area contributed by atoms with E-state index in [1.54, 1.807) is 26.2 Å². The summed E-state index contributed by atoms with van der Waals surface area (Å²) in [5.41, 5.74) is 3.94. The lowest BCUT2D eigenvalue weighted by molar-refractivity contribution is 0.0696. The topological polar surface area (TPSA) is 58.6 Å². The Morgan fingerprint density at radius 1 is 1.20 bits per heavy atom. The van der Waals surface area contributed by atoms with Crippen LogP contribution in [0.4, 0.5) is 11.4 Å². The number of ether oxygens (including phenoxy) is 1. The van der Waals surface area contributed by atoms with Crippen molar-refractivity contribution in [2.45, 2.75) is 13.5 Å². The van der Waals surface area contributed by atoms with E-state index in [-0.39, 0.29) is 0 Å². The van der Waals surface area contributed by atoms with E-state index in [2.05, 4.69) is 5.32 Å². The Morgan fingerprint density at radius 3 is 2.60 bits per heavy atom. The van der Waals surface area contributed by atoms with Gasteiger partial charge >= 0.3 is 5.97 Å². The fourth-order valence-electron chi connectivity index (χ4n) is 2.05. The van der Waals surface area contributed by atoms with Gasteiger partial charge in [-0.2, -0.15) is 0 Å². The van der Waals surface area contributed by atoms with Crippen molar-refractivity contribution in [3.05, 3.63) is 59.2 Å². The molecule has 20 heavy (non-hydrogen) atoms. The van der Waals surface area contributed by atoms with Gasteiger partial charge in [-0.05, 0) is 48.4 Å². The highest BCUT2D eigenvalue weighted by Gasteiger charge is 2.07. The number of methoxy groups -OCH3 is 1. The van der Waals surface area contributed by atoms with Crippen LogP contribution in [-0.4, -0.2) is 18.2 Å². The molecule has 2 rings (SSSR count). The Kier molecular flexibility index (Phi) is 4.38. The fourth-order valence-corrected chi connectivity index (χ4v) is 2.05. The molecule has 0 heterocycles. The number of benzene rings is 2. The van der Waals surface area contributed by atoms with Crippen molar-refractivity contribution in [1.82, 2.24) is 0 Å². The first-order chi connectivity index (χ1) is 9.60. The number of aromatic carboxylic acids is 1. The van der Waals surface area contributed by atoms with Gasteiger partial charge in [0.25, 0.3) is 0 Å².